The summed E-state index contributed by atoms with van der Waals surface area (Å²) >= 11 is 1.32. The van der Waals surface area contributed by atoms with Crippen LogP contribution in [0.5, 0.6) is 0 Å². The fourth-order valence-corrected chi connectivity index (χ4v) is 5.41. The van der Waals surface area contributed by atoms with E-state index >= 15 is 0 Å². The van der Waals surface area contributed by atoms with E-state index < -0.39 is 41.8 Å². The average Bonchev–Trinajstić information content (AvgIpc) is 2.94. The number of unbranched alkanes of at least 4 members (excludes halogenated alkanes) is 1. The van der Waals surface area contributed by atoms with E-state index in [9.17, 15) is 24.3 Å². The molecule has 0 aliphatic carbocycles. The van der Waals surface area contributed by atoms with Gasteiger partial charge >= 0.3 is 5.97 Å². The number of aromatic nitrogens is 2. The molecule has 14 heteroatoms. The highest BCUT2D eigenvalue weighted by Crippen LogP contribution is 2.40. The predicted octanol–water partition coefficient (Wildman–Crippen LogP) is -0.881. The molecule has 13 nitrogen and oxygen atoms in total. The molecule has 0 bridgehead atoms. The van der Waals surface area contributed by atoms with Gasteiger partial charge < -0.3 is 30.5 Å². The molecular formula is C26H28N6O7S. The second-order valence-electron chi connectivity index (χ2n) is 8.88. The summed E-state index contributed by atoms with van der Waals surface area (Å²) in [5, 5.41) is 17.7. The number of carboxylic acid groups (broad SMARTS) is 1. The number of anilines is 1. The lowest BCUT2D eigenvalue weighted by atomic mass is 10.0. The number of hydrogen-bond acceptors (Lipinski definition) is 11. The molecule has 0 radical (unpaired) electrons. The first-order valence-electron chi connectivity index (χ1n) is 12.5. The molecule has 2 aliphatic rings. The van der Waals surface area contributed by atoms with E-state index in [4.69, 9.17) is 15.3 Å². The SMILES string of the molecule is CCCCOC(=O)CON=C(C(=O)NC1C(=O)N2C(C(=O)[O-])=C(C[n+]3ccccc3)CS[C@H]12)c1cccc(N)n1. The van der Waals surface area contributed by atoms with Gasteiger partial charge in [0.25, 0.3) is 11.8 Å². The molecule has 40 heavy (non-hydrogen) atoms. The highest BCUT2D eigenvalue weighted by Gasteiger charge is 2.53. The topological polar surface area (TPSA) is 180 Å². The number of pyridine rings is 2. The molecule has 1 saturated heterocycles. The molecule has 4 rings (SSSR count). The number of rotatable bonds is 12. The first-order valence-corrected chi connectivity index (χ1v) is 13.6. The molecule has 0 saturated carbocycles. The van der Waals surface area contributed by atoms with Gasteiger partial charge in [-0.05, 0) is 18.6 Å². The minimum Gasteiger partial charge on any atom is -0.543 e. The maximum atomic E-state index is 13.2. The molecule has 3 N–H and O–H groups in total. The number of carbonyl (C=O) groups is 4. The third-order valence-corrected chi connectivity index (χ3v) is 7.35. The van der Waals surface area contributed by atoms with Crippen LogP contribution in [0.4, 0.5) is 5.82 Å². The van der Waals surface area contributed by atoms with Crippen molar-refractivity contribution in [3.63, 3.8) is 0 Å². The Hall–Kier alpha value is -4.46. The highest BCUT2D eigenvalue weighted by atomic mass is 32.2. The lowest BCUT2D eigenvalue weighted by Crippen LogP contribution is -2.71. The standard InChI is InChI=1S/C26H28N6O7S/c1-2-3-12-38-19(33)14-39-30-20(17-8-7-9-18(27)28-17)23(34)29-21-24(35)32-22(26(36)37)16(15-40-25(21)32)13-31-10-5-4-6-11-31/h4-11,21,25H,2-3,12-15H2,1H3,(H3-,27,28,29,34,36,37)/t21?,25-/m1/s1. The predicted molar refractivity (Wildman–Crippen MR) is 141 cm³/mol. The zero-order valence-corrected chi connectivity index (χ0v) is 22.5. The number of β-lactam (4-membered cyclic amide) rings is 1. The smallest absolute Gasteiger partial charge is 0.347 e. The summed E-state index contributed by atoms with van der Waals surface area (Å²) in [6.45, 7) is 1.91. The van der Waals surface area contributed by atoms with Gasteiger partial charge in [-0.15, -0.1) is 11.8 Å². The largest absolute Gasteiger partial charge is 0.543 e. The van der Waals surface area contributed by atoms with E-state index in [0.29, 0.717) is 17.7 Å². The van der Waals surface area contributed by atoms with Gasteiger partial charge in [0.2, 0.25) is 6.61 Å². The number of carbonyl (C=O) groups excluding carboxylic acids is 4. The number of hydrogen-bond donors (Lipinski definition) is 2. The third kappa shape index (κ3) is 6.57. The van der Waals surface area contributed by atoms with Gasteiger partial charge in [-0.2, -0.15) is 0 Å². The molecular weight excluding hydrogens is 540 g/mol. The van der Waals surface area contributed by atoms with Crippen LogP contribution in [-0.4, -0.2) is 69.7 Å². The molecule has 2 atom stereocenters. The summed E-state index contributed by atoms with van der Waals surface area (Å²) < 4.78 is 6.80. The van der Waals surface area contributed by atoms with Gasteiger partial charge in [0, 0.05) is 23.5 Å². The normalized spacial score (nSPS) is 18.5. The van der Waals surface area contributed by atoms with Crippen molar-refractivity contribution in [3.05, 3.63) is 65.8 Å². The van der Waals surface area contributed by atoms with Crippen molar-refractivity contribution in [1.82, 2.24) is 15.2 Å². The van der Waals surface area contributed by atoms with Crippen LogP contribution < -0.4 is 20.7 Å². The van der Waals surface area contributed by atoms with E-state index in [1.807, 2.05) is 25.1 Å². The maximum absolute atomic E-state index is 13.2. The average molecular weight is 569 g/mol. The van der Waals surface area contributed by atoms with Gasteiger partial charge in [0.15, 0.2) is 24.7 Å². The van der Waals surface area contributed by atoms with E-state index in [1.54, 1.807) is 23.0 Å². The molecule has 2 aromatic heterocycles. The van der Waals surface area contributed by atoms with Crippen LogP contribution >= 0.6 is 11.8 Å². The molecule has 1 fully saturated rings. The Labute approximate surface area is 234 Å². The number of fused-ring (bicyclic) bond motifs is 1. The molecule has 2 aromatic rings. The van der Waals surface area contributed by atoms with Crippen LogP contribution in [0.3, 0.4) is 0 Å². The van der Waals surface area contributed by atoms with Crippen LogP contribution in [0, 0.1) is 0 Å². The summed E-state index contributed by atoms with van der Waals surface area (Å²) in [6, 6.07) is 8.95. The number of amides is 2. The first kappa shape index (κ1) is 28.5. The van der Waals surface area contributed by atoms with Crippen LogP contribution in [0.2, 0.25) is 0 Å². The van der Waals surface area contributed by atoms with Crippen molar-refractivity contribution < 1.29 is 38.4 Å². The summed E-state index contributed by atoms with van der Waals surface area (Å²) in [5.74, 6) is -3.14. The minimum atomic E-state index is -1.47. The number of nitrogens with zero attached hydrogens (tertiary/aromatic N) is 4. The quantitative estimate of drug-likeness (QED) is 0.0815. The Morgan fingerprint density at radius 2 is 2.02 bits per heavy atom. The van der Waals surface area contributed by atoms with Gasteiger partial charge in [-0.1, -0.05) is 30.6 Å². The summed E-state index contributed by atoms with van der Waals surface area (Å²) in [5.41, 5.74) is 5.80. The molecule has 0 spiro atoms. The third-order valence-electron chi connectivity index (χ3n) is 6.01. The number of nitrogens with one attached hydrogen (secondary N) is 1. The molecule has 4 heterocycles. The maximum Gasteiger partial charge on any atom is 0.347 e. The van der Waals surface area contributed by atoms with Crippen LogP contribution in [0.15, 0.2) is 65.2 Å². The van der Waals surface area contributed by atoms with Crippen LogP contribution in [-0.2, 0) is 35.3 Å². The van der Waals surface area contributed by atoms with Crippen molar-refractivity contribution in [2.45, 2.75) is 37.7 Å². The van der Waals surface area contributed by atoms with Crippen LogP contribution in [0.1, 0.15) is 25.5 Å². The number of nitrogens with two attached hydrogens (primary N) is 1. The van der Waals surface area contributed by atoms with Crippen molar-refractivity contribution in [2.75, 3.05) is 24.7 Å². The fraction of sp³-hybridized carbons (Fsp3) is 0.346. The lowest BCUT2D eigenvalue weighted by Gasteiger charge is -2.50. The minimum absolute atomic E-state index is 0.0502. The van der Waals surface area contributed by atoms with Crippen molar-refractivity contribution in [1.29, 1.82) is 0 Å². The number of esters is 1. The number of ether oxygens (including phenoxy) is 1. The zero-order valence-electron chi connectivity index (χ0n) is 21.6. The highest BCUT2D eigenvalue weighted by molar-refractivity contribution is 8.00. The van der Waals surface area contributed by atoms with E-state index in [2.05, 4.69) is 15.5 Å². The van der Waals surface area contributed by atoms with Crippen molar-refractivity contribution >= 4 is 47.0 Å². The Morgan fingerprint density at radius 1 is 1.25 bits per heavy atom. The number of nitrogen functional groups attached to an aromatic ring is 1. The van der Waals surface area contributed by atoms with Gasteiger partial charge in [-0.25, -0.2) is 14.3 Å². The van der Waals surface area contributed by atoms with Gasteiger partial charge in [-0.3, -0.25) is 14.5 Å². The molecule has 2 aliphatic heterocycles. The number of aliphatic carboxylic acids is 1. The second kappa shape index (κ2) is 13.1. The first-order chi connectivity index (χ1) is 19.3. The lowest BCUT2D eigenvalue weighted by molar-refractivity contribution is -0.689. The van der Waals surface area contributed by atoms with E-state index in [-0.39, 0.29) is 36.1 Å². The number of thioether (sulfide) groups is 1. The van der Waals surface area contributed by atoms with Crippen LogP contribution in [0.25, 0.3) is 0 Å². The molecule has 210 valence electrons. The zero-order chi connectivity index (χ0) is 28.6. The molecule has 1 unspecified atom stereocenters. The number of carboxylic acids is 1. The van der Waals surface area contributed by atoms with Crippen molar-refractivity contribution in [2.24, 2.45) is 5.16 Å². The Bertz CT molecular complexity index is 1350. The molecule has 2 amide bonds. The fourth-order valence-electron chi connectivity index (χ4n) is 4.07. The Morgan fingerprint density at radius 3 is 2.73 bits per heavy atom. The molecule has 0 aromatic carbocycles. The van der Waals surface area contributed by atoms with E-state index in [0.717, 1.165) is 11.3 Å². The summed E-state index contributed by atoms with van der Waals surface area (Å²) in [7, 11) is 0. The summed E-state index contributed by atoms with van der Waals surface area (Å²) in [6.07, 6.45) is 5.12. The monoisotopic (exact) mass is 568 g/mol. The number of oxime groups is 1. The van der Waals surface area contributed by atoms with Gasteiger partial charge in [0.05, 0.1) is 18.3 Å². The Kier molecular flexibility index (Phi) is 9.32. The Balaban J connectivity index is 1.49. The van der Waals surface area contributed by atoms with Gasteiger partial charge in [0.1, 0.15) is 22.9 Å². The second-order valence-corrected chi connectivity index (χ2v) is 9.99. The van der Waals surface area contributed by atoms with Crippen molar-refractivity contribution in [3.8, 4) is 0 Å². The van der Waals surface area contributed by atoms with E-state index in [1.165, 1.54) is 23.9 Å². The summed E-state index contributed by atoms with van der Waals surface area (Å²) in [4.78, 5) is 60.5.